The van der Waals surface area contributed by atoms with Crippen LogP contribution in [-0.4, -0.2) is 76.1 Å². The van der Waals surface area contributed by atoms with E-state index in [-0.39, 0.29) is 24.0 Å². The second kappa shape index (κ2) is 11.0. The summed E-state index contributed by atoms with van der Waals surface area (Å²) in [6.07, 6.45) is 1.28. The lowest BCUT2D eigenvalue weighted by Crippen LogP contribution is -2.58. The Kier molecular flexibility index (Phi) is 7.51. The second-order valence-electron chi connectivity index (χ2n) is 11.2. The number of ether oxygens (including phenoxy) is 1. The number of benzene rings is 2. The van der Waals surface area contributed by atoms with Crippen molar-refractivity contribution >= 4 is 12.0 Å². The first-order chi connectivity index (χ1) is 18.3. The quantitative estimate of drug-likeness (QED) is 0.524. The Hall–Kier alpha value is -3.65. The monoisotopic (exact) mass is 515 g/mol. The molecule has 200 valence electrons. The smallest absolute Gasteiger partial charge is 0.410 e. The molecule has 8 heteroatoms. The van der Waals surface area contributed by atoms with Crippen LogP contribution in [0.3, 0.4) is 0 Å². The number of H-pyrrole nitrogens is 1. The van der Waals surface area contributed by atoms with Crippen molar-refractivity contribution in [3.8, 4) is 11.3 Å². The van der Waals surface area contributed by atoms with Crippen molar-refractivity contribution in [1.29, 1.82) is 0 Å². The number of aromatic nitrogens is 2. The van der Waals surface area contributed by atoms with E-state index in [9.17, 15) is 9.59 Å². The van der Waals surface area contributed by atoms with Crippen LogP contribution in [0.5, 0.6) is 0 Å². The molecule has 2 saturated heterocycles. The molecule has 3 aromatic rings. The fourth-order valence-electron chi connectivity index (χ4n) is 5.25. The number of nitrogens with zero attached hydrogens (tertiary/aromatic N) is 3. The number of hydrogen-bond donors (Lipinski definition) is 2. The molecule has 2 aliphatic heterocycles. The van der Waals surface area contributed by atoms with Gasteiger partial charge in [-0.05, 0) is 45.7 Å². The van der Waals surface area contributed by atoms with Gasteiger partial charge in [0.15, 0.2) is 0 Å². The summed E-state index contributed by atoms with van der Waals surface area (Å²) in [4.78, 5) is 39.2. The van der Waals surface area contributed by atoms with E-state index in [1.165, 1.54) is 0 Å². The summed E-state index contributed by atoms with van der Waals surface area (Å²) in [6, 6.07) is 19.8. The number of piperazine rings is 1. The fourth-order valence-corrected chi connectivity index (χ4v) is 5.25. The van der Waals surface area contributed by atoms with E-state index in [0.29, 0.717) is 37.4 Å². The standard InChI is InChI=1S/C30H37N5O3/c1-30(2,3)38-29(37)34-16-17-35(24(20-34)18-21-10-6-4-7-11-21)28(36)26-25(22-12-8-5-9-13-22)32-27(33-26)23-14-15-31-19-23/h4-13,23-24,31H,14-20H2,1-3H3,(H,32,33)/t23?,24-/m1/s1. The summed E-state index contributed by atoms with van der Waals surface area (Å²) < 4.78 is 5.65. The highest BCUT2D eigenvalue weighted by atomic mass is 16.6. The van der Waals surface area contributed by atoms with Crippen LogP contribution in [0.4, 0.5) is 4.79 Å². The predicted molar refractivity (Wildman–Crippen MR) is 147 cm³/mol. The van der Waals surface area contributed by atoms with Gasteiger partial charge in [-0.15, -0.1) is 0 Å². The first-order valence-corrected chi connectivity index (χ1v) is 13.5. The van der Waals surface area contributed by atoms with Gasteiger partial charge in [-0.1, -0.05) is 60.7 Å². The average molecular weight is 516 g/mol. The molecule has 3 heterocycles. The summed E-state index contributed by atoms with van der Waals surface area (Å²) >= 11 is 0. The van der Waals surface area contributed by atoms with Gasteiger partial charge in [-0.25, -0.2) is 9.78 Å². The molecule has 0 bridgehead atoms. The number of nitrogens with one attached hydrogen (secondary N) is 2. The van der Waals surface area contributed by atoms with E-state index in [1.807, 2.05) is 74.2 Å². The Bertz CT molecular complexity index is 1250. The Balaban J connectivity index is 1.46. The van der Waals surface area contributed by atoms with E-state index >= 15 is 0 Å². The Morgan fingerprint density at radius 1 is 1.03 bits per heavy atom. The SMILES string of the molecule is CC(C)(C)OC(=O)N1CCN(C(=O)c2[nH]c(C3CCNC3)nc2-c2ccccc2)[C@H](Cc2ccccc2)C1. The van der Waals surface area contributed by atoms with E-state index in [0.717, 1.165) is 36.5 Å². The lowest BCUT2D eigenvalue weighted by atomic mass is 10.0. The van der Waals surface area contributed by atoms with Crippen LogP contribution >= 0.6 is 0 Å². The molecule has 0 saturated carbocycles. The minimum atomic E-state index is -0.578. The summed E-state index contributed by atoms with van der Waals surface area (Å²) in [5.74, 6) is 1.02. The molecule has 2 fully saturated rings. The molecule has 2 N–H and O–H groups in total. The Morgan fingerprint density at radius 3 is 2.39 bits per heavy atom. The summed E-state index contributed by atoms with van der Waals surface area (Å²) in [5, 5.41) is 3.39. The van der Waals surface area contributed by atoms with Gasteiger partial charge in [0, 0.05) is 37.7 Å². The molecule has 8 nitrogen and oxygen atoms in total. The lowest BCUT2D eigenvalue weighted by molar-refractivity contribution is 0.00429. The minimum absolute atomic E-state index is 0.0849. The van der Waals surface area contributed by atoms with Crippen LogP contribution in [0, 0.1) is 0 Å². The molecular formula is C30H37N5O3. The van der Waals surface area contributed by atoms with Gasteiger partial charge in [0.1, 0.15) is 22.8 Å². The molecule has 2 aromatic carbocycles. The van der Waals surface area contributed by atoms with Crippen molar-refractivity contribution < 1.29 is 14.3 Å². The highest BCUT2D eigenvalue weighted by Crippen LogP contribution is 2.29. The third kappa shape index (κ3) is 5.91. The van der Waals surface area contributed by atoms with Gasteiger partial charge < -0.3 is 24.8 Å². The lowest BCUT2D eigenvalue weighted by Gasteiger charge is -2.41. The zero-order valence-corrected chi connectivity index (χ0v) is 22.4. The highest BCUT2D eigenvalue weighted by Gasteiger charge is 2.37. The van der Waals surface area contributed by atoms with Crippen molar-refractivity contribution in [1.82, 2.24) is 25.1 Å². The third-order valence-electron chi connectivity index (χ3n) is 7.14. The zero-order chi connectivity index (χ0) is 26.7. The molecule has 1 unspecified atom stereocenters. The predicted octanol–water partition coefficient (Wildman–Crippen LogP) is 4.46. The molecule has 0 radical (unpaired) electrons. The van der Waals surface area contributed by atoms with Crippen molar-refractivity contribution in [2.75, 3.05) is 32.7 Å². The van der Waals surface area contributed by atoms with Crippen molar-refractivity contribution in [3.05, 3.63) is 77.7 Å². The van der Waals surface area contributed by atoms with Crippen molar-refractivity contribution in [3.63, 3.8) is 0 Å². The van der Waals surface area contributed by atoms with Gasteiger partial charge in [-0.2, -0.15) is 0 Å². The Morgan fingerprint density at radius 2 is 1.74 bits per heavy atom. The summed E-state index contributed by atoms with van der Waals surface area (Å²) in [6.45, 7) is 8.64. The molecule has 2 aliphatic rings. The Labute approximate surface area is 224 Å². The fraction of sp³-hybridized carbons (Fsp3) is 0.433. The molecule has 5 rings (SSSR count). The maximum atomic E-state index is 14.2. The molecule has 1 aromatic heterocycles. The molecule has 0 aliphatic carbocycles. The minimum Gasteiger partial charge on any atom is -0.444 e. The van der Waals surface area contributed by atoms with E-state index < -0.39 is 5.60 Å². The second-order valence-corrected chi connectivity index (χ2v) is 11.2. The maximum absolute atomic E-state index is 14.2. The molecule has 2 amide bonds. The summed E-state index contributed by atoms with van der Waals surface area (Å²) in [7, 11) is 0. The van der Waals surface area contributed by atoms with Gasteiger partial charge in [0.05, 0.1) is 6.04 Å². The first-order valence-electron chi connectivity index (χ1n) is 13.5. The normalized spacial score (nSPS) is 20.0. The average Bonchev–Trinajstić information content (AvgIpc) is 3.59. The van der Waals surface area contributed by atoms with Crippen LogP contribution in [0.25, 0.3) is 11.3 Å². The number of aromatic amines is 1. The van der Waals surface area contributed by atoms with Crippen LogP contribution in [0.2, 0.25) is 0 Å². The largest absolute Gasteiger partial charge is 0.444 e. The maximum Gasteiger partial charge on any atom is 0.410 e. The van der Waals surface area contributed by atoms with Crippen molar-refractivity contribution in [2.24, 2.45) is 0 Å². The number of rotatable bonds is 5. The number of imidazole rings is 1. The van der Waals surface area contributed by atoms with E-state index in [1.54, 1.807) is 4.90 Å². The van der Waals surface area contributed by atoms with Gasteiger partial charge >= 0.3 is 6.09 Å². The van der Waals surface area contributed by atoms with E-state index in [2.05, 4.69) is 22.4 Å². The number of amides is 2. The van der Waals surface area contributed by atoms with Crippen LogP contribution < -0.4 is 5.32 Å². The zero-order valence-electron chi connectivity index (χ0n) is 22.4. The third-order valence-corrected chi connectivity index (χ3v) is 7.14. The van der Waals surface area contributed by atoms with E-state index in [4.69, 9.17) is 9.72 Å². The van der Waals surface area contributed by atoms with Crippen LogP contribution in [0.1, 0.15) is 55.0 Å². The summed E-state index contributed by atoms with van der Waals surface area (Å²) in [5.41, 5.74) is 2.65. The highest BCUT2D eigenvalue weighted by molar-refractivity contribution is 5.98. The molecule has 2 atom stereocenters. The molecule has 38 heavy (non-hydrogen) atoms. The first kappa shape index (κ1) is 26.0. The van der Waals surface area contributed by atoms with Crippen LogP contribution in [-0.2, 0) is 11.2 Å². The molecular weight excluding hydrogens is 478 g/mol. The van der Waals surface area contributed by atoms with Crippen molar-refractivity contribution in [2.45, 2.75) is 51.2 Å². The number of carbonyl (C=O) groups excluding carboxylic acids is 2. The van der Waals surface area contributed by atoms with Crippen LogP contribution in [0.15, 0.2) is 60.7 Å². The number of hydrogen-bond acceptors (Lipinski definition) is 5. The van der Waals surface area contributed by atoms with Gasteiger partial charge in [-0.3, -0.25) is 4.79 Å². The van der Waals surface area contributed by atoms with Gasteiger partial charge in [0.2, 0.25) is 0 Å². The molecule has 0 spiro atoms. The van der Waals surface area contributed by atoms with Gasteiger partial charge in [0.25, 0.3) is 5.91 Å². The number of carbonyl (C=O) groups is 2. The topological polar surface area (TPSA) is 90.6 Å².